The molecular formula is C54H103NO5. The number of carbonyl (C=O) groups excluding carboxylic acids is 2. The zero-order chi connectivity index (χ0) is 43.8. The van der Waals surface area contributed by atoms with E-state index in [4.69, 9.17) is 4.74 Å². The Kier molecular flexibility index (Phi) is 47.0. The van der Waals surface area contributed by atoms with Crippen LogP contribution in [0.2, 0.25) is 0 Å². The molecular weight excluding hydrogens is 743 g/mol. The topological polar surface area (TPSA) is 95.9 Å². The number of nitrogens with one attached hydrogen (secondary N) is 1. The van der Waals surface area contributed by atoms with E-state index in [1.54, 1.807) is 0 Å². The van der Waals surface area contributed by atoms with Crippen LogP contribution in [0, 0.1) is 0 Å². The Hall–Kier alpha value is -1.66. The minimum absolute atomic E-state index is 0.0231. The van der Waals surface area contributed by atoms with Crippen molar-refractivity contribution in [1.82, 2.24) is 5.32 Å². The highest BCUT2D eigenvalue weighted by Gasteiger charge is 2.23. The molecule has 0 spiro atoms. The third-order valence-electron chi connectivity index (χ3n) is 12.3. The normalized spacial score (nSPS) is 13.3. The van der Waals surface area contributed by atoms with Crippen molar-refractivity contribution in [2.75, 3.05) is 6.61 Å². The molecule has 0 aromatic carbocycles. The van der Waals surface area contributed by atoms with E-state index in [1.807, 2.05) is 12.2 Å². The van der Waals surface area contributed by atoms with Gasteiger partial charge in [-0.2, -0.15) is 0 Å². The van der Waals surface area contributed by atoms with Crippen molar-refractivity contribution in [3.05, 3.63) is 24.3 Å². The Balaban J connectivity index is 4.54. The highest BCUT2D eigenvalue weighted by atomic mass is 16.5. The van der Waals surface area contributed by atoms with Crippen LogP contribution in [-0.4, -0.2) is 46.9 Å². The van der Waals surface area contributed by atoms with Crippen molar-refractivity contribution in [2.45, 2.75) is 302 Å². The number of hydrogen-bond donors (Lipinski definition) is 3. The van der Waals surface area contributed by atoms with Crippen molar-refractivity contribution in [3.8, 4) is 0 Å². The van der Waals surface area contributed by atoms with Gasteiger partial charge in [-0.05, 0) is 38.2 Å². The molecule has 6 nitrogen and oxygen atoms in total. The quantitative estimate of drug-likeness (QED) is 0.0322. The third-order valence-corrected chi connectivity index (χ3v) is 12.3. The number of carbonyl (C=O) groups is 2. The molecule has 0 rings (SSSR count). The third kappa shape index (κ3) is 43.0. The summed E-state index contributed by atoms with van der Waals surface area (Å²) in [5, 5.41) is 23.7. The molecule has 0 bridgehead atoms. The van der Waals surface area contributed by atoms with Gasteiger partial charge >= 0.3 is 5.97 Å². The first kappa shape index (κ1) is 58.3. The van der Waals surface area contributed by atoms with Gasteiger partial charge in [-0.1, -0.05) is 257 Å². The molecule has 3 atom stereocenters. The Labute approximate surface area is 373 Å². The van der Waals surface area contributed by atoms with E-state index in [1.165, 1.54) is 193 Å². The average molecular weight is 846 g/mol. The highest BCUT2D eigenvalue weighted by Crippen LogP contribution is 2.17. The van der Waals surface area contributed by atoms with E-state index in [9.17, 15) is 19.8 Å². The smallest absolute Gasteiger partial charge is 0.306 e. The van der Waals surface area contributed by atoms with Gasteiger partial charge in [-0.15, -0.1) is 0 Å². The first-order chi connectivity index (χ1) is 29.5. The summed E-state index contributed by atoms with van der Waals surface area (Å²) in [7, 11) is 0. The molecule has 3 unspecified atom stereocenters. The van der Waals surface area contributed by atoms with Gasteiger partial charge in [0.1, 0.15) is 6.10 Å². The van der Waals surface area contributed by atoms with Gasteiger partial charge < -0.3 is 20.3 Å². The second-order valence-corrected chi connectivity index (χ2v) is 18.3. The fraction of sp³-hybridized carbons (Fsp3) is 0.889. The molecule has 0 heterocycles. The van der Waals surface area contributed by atoms with E-state index in [-0.39, 0.29) is 24.9 Å². The van der Waals surface area contributed by atoms with E-state index in [2.05, 4.69) is 38.2 Å². The van der Waals surface area contributed by atoms with Crippen molar-refractivity contribution in [1.29, 1.82) is 0 Å². The van der Waals surface area contributed by atoms with Crippen LogP contribution >= 0.6 is 0 Å². The predicted molar refractivity (Wildman–Crippen MR) is 260 cm³/mol. The van der Waals surface area contributed by atoms with Crippen LogP contribution in [0.25, 0.3) is 0 Å². The average Bonchev–Trinajstić information content (AvgIpc) is 3.24. The standard InChI is InChI=1S/C54H103NO5/c1-4-7-10-13-16-19-22-24-26-27-29-32-35-38-41-44-47-54(59)60-50(45-42-39-36-33-30-21-18-15-12-9-6-3)48-53(58)55-51(49-56)52(57)46-43-40-37-34-31-28-25-23-20-17-14-11-8-5-2/h33,36,42,45,50-52,56-57H,4-32,34-35,37-41,43-44,46-49H2,1-3H3,(H,55,58)/b36-33-,45-42+. The molecule has 354 valence electrons. The summed E-state index contributed by atoms with van der Waals surface area (Å²) in [6, 6.07) is -0.727. The van der Waals surface area contributed by atoms with Crippen LogP contribution in [0.5, 0.6) is 0 Å². The lowest BCUT2D eigenvalue weighted by atomic mass is 10.0. The van der Waals surface area contributed by atoms with Crippen LogP contribution in [0.1, 0.15) is 284 Å². The van der Waals surface area contributed by atoms with Gasteiger partial charge in [0.05, 0.1) is 25.2 Å². The lowest BCUT2D eigenvalue weighted by Crippen LogP contribution is -2.46. The van der Waals surface area contributed by atoms with Crippen LogP contribution in [-0.2, 0) is 14.3 Å². The minimum Gasteiger partial charge on any atom is -0.458 e. The number of rotatable bonds is 48. The number of esters is 1. The maximum atomic E-state index is 13.2. The number of unbranched alkanes of at least 4 members (excludes halogenated alkanes) is 34. The number of ether oxygens (including phenoxy) is 1. The molecule has 0 aliphatic heterocycles. The first-order valence-electron chi connectivity index (χ1n) is 26.6. The molecule has 0 saturated heterocycles. The van der Waals surface area contributed by atoms with Crippen LogP contribution < -0.4 is 5.32 Å². The van der Waals surface area contributed by atoms with Crippen LogP contribution in [0.3, 0.4) is 0 Å². The van der Waals surface area contributed by atoms with Crippen LogP contribution in [0.15, 0.2) is 24.3 Å². The lowest BCUT2D eigenvalue weighted by molar-refractivity contribution is -0.148. The zero-order valence-corrected chi connectivity index (χ0v) is 40.4. The second-order valence-electron chi connectivity index (χ2n) is 18.3. The summed E-state index contributed by atoms with van der Waals surface area (Å²) >= 11 is 0. The molecule has 0 aromatic heterocycles. The lowest BCUT2D eigenvalue weighted by Gasteiger charge is -2.23. The van der Waals surface area contributed by atoms with E-state index >= 15 is 0 Å². The first-order valence-corrected chi connectivity index (χ1v) is 26.6. The highest BCUT2D eigenvalue weighted by molar-refractivity contribution is 5.78. The molecule has 60 heavy (non-hydrogen) atoms. The summed E-state index contributed by atoms with van der Waals surface area (Å²) in [6.07, 6.45) is 55.6. The van der Waals surface area contributed by atoms with Gasteiger partial charge in [0.25, 0.3) is 0 Å². The second kappa shape index (κ2) is 48.4. The molecule has 0 aliphatic carbocycles. The Bertz CT molecular complexity index is 950. The maximum Gasteiger partial charge on any atom is 0.306 e. The van der Waals surface area contributed by atoms with E-state index in [0.29, 0.717) is 12.8 Å². The molecule has 0 saturated carbocycles. The van der Waals surface area contributed by atoms with E-state index < -0.39 is 18.2 Å². The van der Waals surface area contributed by atoms with Gasteiger partial charge in [-0.3, -0.25) is 9.59 Å². The number of amides is 1. The Morgan fingerprint density at radius 1 is 0.500 bits per heavy atom. The zero-order valence-electron chi connectivity index (χ0n) is 40.4. The SMILES string of the molecule is CCCCCCCC/C=C\C/C=C/C(CC(=O)NC(CO)C(O)CCCCCCCCCCCCCCCC)OC(=O)CCCCCCCCCCCCCCCCCC. The molecule has 0 aliphatic rings. The Morgan fingerprint density at radius 2 is 0.883 bits per heavy atom. The van der Waals surface area contributed by atoms with Gasteiger partial charge in [0, 0.05) is 6.42 Å². The van der Waals surface area contributed by atoms with Crippen molar-refractivity contribution >= 4 is 11.9 Å². The number of aliphatic hydroxyl groups is 2. The maximum absolute atomic E-state index is 13.2. The van der Waals surface area contributed by atoms with Gasteiger partial charge in [0.2, 0.25) is 5.91 Å². The minimum atomic E-state index is -0.806. The summed E-state index contributed by atoms with van der Waals surface area (Å²) in [6.45, 7) is 6.47. The fourth-order valence-corrected chi connectivity index (χ4v) is 8.22. The molecule has 6 heteroatoms. The molecule has 0 radical (unpaired) electrons. The van der Waals surface area contributed by atoms with Crippen molar-refractivity contribution in [2.24, 2.45) is 0 Å². The van der Waals surface area contributed by atoms with Gasteiger partial charge in [-0.25, -0.2) is 0 Å². The summed E-state index contributed by atoms with van der Waals surface area (Å²) in [5.41, 5.74) is 0. The monoisotopic (exact) mass is 846 g/mol. The summed E-state index contributed by atoms with van der Waals surface area (Å²) in [4.78, 5) is 26.1. The molecule has 0 aromatic rings. The number of aliphatic hydroxyl groups excluding tert-OH is 2. The van der Waals surface area contributed by atoms with Crippen molar-refractivity contribution in [3.63, 3.8) is 0 Å². The van der Waals surface area contributed by atoms with Crippen molar-refractivity contribution < 1.29 is 24.5 Å². The molecule has 1 amide bonds. The van der Waals surface area contributed by atoms with Gasteiger partial charge in [0.15, 0.2) is 0 Å². The predicted octanol–water partition coefficient (Wildman–Crippen LogP) is 15.9. The molecule has 0 fully saturated rings. The number of allylic oxidation sites excluding steroid dienone is 3. The number of hydrogen-bond acceptors (Lipinski definition) is 5. The summed E-state index contributed by atoms with van der Waals surface area (Å²) < 4.78 is 5.83. The molecule has 3 N–H and O–H groups in total. The Morgan fingerprint density at radius 3 is 1.30 bits per heavy atom. The fourth-order valence-electron chi connectivity index (χ4n) is 8.22. The largest absolute Gasteiger partial charge is 0.458 e. The van der Waals surface area contributed by atoms with Crippen LogP contribution in [0.4, 0.5) is 0 Å². The summed E-state index contributed by atoms with van der Waals surface area (Å²) in [5.74, 6) is -0.587. The van der Waals surface area contributed by atoms with E-state index in [0.717, 1.165) is 51.4 Å².